The third-order valence-corrected chi connectivity index (χ3v) is 8.73. The minimum Gasteiger partial charge on any atom is -0.465 e. The number of carbonyl (C=O) groups excluding carboxylic acids is 3. The van der Waals surface area contributed by atoms with Crippen molar-refractivity contribution < 1.29 is 29.0 Å². The third kappa shape index (κ3) is 4.87. The number of unbranched alkanes of at least 4 members (excludes halogenated alkanes) is 1. The molecule has 37 heavy (non-hydrogen) atoms. The van der Waals surface area contributed by atoms with Crippen LogP contribution in [0.25, 0.3) is 0 Å². The maximum Gasteiger partial charge on any atom is 0.312 e. The highest BCUT2D eigenvalue weighted by atomic mass is 16.6. The van der Waals surface area contributed by atoms with Gasteiger partial charge in [-0.25, -0.2) is 0 Å². The first kappa shape index (κ1) is 29.4. The van der Waals surface area contributed by atoms with E-state index in [9.17, 15) is 19.5 Å². The highest BCUT2D eigenvalue weighted by Gasteiger charge is 2.79. The Hall–Kier alpha value is -2.19. The smallest absolute Gasteiger partial charge is 0.312 e. The fourth-order valence-corrected chi connectivity index (χ4v) is 6.63. The molecule has 0 saturated carbocycles. The van der Waals surface area contributed by atoms with Gasteiger partial charge < -0.3 is 24.4 Å². The van der Waals surface area contributed by atoms with Crippen LogP contribution in [0.5, 0.6) is 0 Å². The molecule has 3 fully saturated rings. The highest BCUT2D eigenvalue weighted by molar-refractivity contribution is 5.99. The van der Waals surface area contributed by atoms with Gasteiger partial charge >= 0.3 is 5.97 Å². The fourth-order valence-electron chi connectivity index (χ4n) is 6.63. The standard InChI is InChI=1S/C29H46N2O6/c1-9-12-13-17-36-26(35)22-21-24(33)31(20(18-32)19(4)11-3)23(29(21)15-14-28(22,8)37-29)25(34)30(16-10-2)27(5,6)7/h9-10,19-23,32H,1-2,11-18H2,3-8H3/t19-,20-,21-,22+,23?,28-,29?/m0/s1. The number of aliphatic hydroxyl groups is 1. The molecular weight excluding hydrogens is 472 g/mol. The largest absolute Gasteiger partial charge is 0.465 e. The second kappa shape index (κ2) is 10.9. The average molecular weight is 519 g/mol. The van der Waals surface area contributed by atoms with E-state index in [0.29, 0.717) is 25.8 Å². The van der Waals surface area contributed by atoms with Crippen molar-refractivity contribution >= 4 is 17.8 Å². The fraction of sp³-hybridized carbons (Fsp3) is 0.759. The van der Waals surface area contributed by atoms with Crippen molar-refractivity contribution in [3.8, 4) is 0 Å². The van der Waals surface area contributed by atoms with Gasteiger partial charge in [0, 0.05) is 12.1 Å². The molecule has 7 atom stereocenters. The number of carbonyl (C=O) groups is 3. The predicted octanol–water partition coefficient (Wildman–Crippen LogP) is 3.48. The van der Waals surface area contributed by atoms with E-state index < -0.39 is 46.6 Å². The number of nitrogens with zero attached hydrogens (tertiary/aromatic N) is 2. The number of rotatable bonds is 12. The van der Waals surface area contributed by atoms with Gasteiger partial charge in [-0.15, -0.1) is 13.2 Å². The minimum atomic E-state index is -1.15. The minimum absolute atomic E-state index is 0.0564. The van der Waals surface area contributed by atoms with Crippen molar-refractivity contribution in [2.24, 2.45) is 17.8 Å². The van der Waals surface area contributed by atoms with Crippen LogP contribution < -0.4 is 0 Å². The highest BCUT2D eigenvalue weighted by Crippen LogP contribution is 2.64. The molecule has 3 rings (SSSR count). The lowest BCUT2D eigenvalue weighted by molar-refractivity contribution is -0.163. The monoisotopic (exact) mass is 518 g/mol. The van der Waals surface area contributed by atoms with Gasteiger partial charge in [0.05, 0.1) is 30.8 Å². The summed E-state index contributed by atoms with van der Waals surface area (Å²) in [7, 11) is 0. The van der Waals surface area contributed by atoms with E-state index in [1.165, 1.54) is 0 Å². The van der Waals surface area contributed by atoms with Gasteiger partial charge in [0.15, 0.2) is 0 Å². The van der Waals surface area contributed by atoms with Crippen LogP contribution in [0.3, 0.4) is 0 Å². The van der Waals surface area contributed by atoms with E-state index in [-0.39, 0.29) is 30.9 Å². The molecule has 0 aromatic heterocycles. The van der Waals surface area contributed by atoms with Gasteiger partial charge in [-0.2, -0.15) is 0 Å². The Morgan fingerprint density at radius 3 is 2.51 bits per heavy atom. The summed E-state index contributed by atoms with van der Waals surface area (Å²) in [4.78, 5) is 45.4. The summed E-state index contributed by atoms with van der Waals surface area (Å²) in [5.41, 5.74) is -2.58. The molecule has 8 heteroatoms. The van der Waals surface area contributed by atoms with Crippen LogP contribution in [0.15, 0.2) is 25.3 Å². The topological polar surface area (TPSA) is 96.4 Å². The Morgan fingerprint density at radius 2 is 1.97 bits per heavy atom. The maximum absolute atomic E-state index is 14.4. The van der Waals surface area contributed by atoms with Crippen LogP contribution in [-0.4, -0.2) is 81.3 Å². The van der Waals surface area contributed by atoms with Gasteiger partial charge in [0.1, 0.15) is 17.6 Å². The Bertz CT molecular complexity index is 913. The number of amides is 2. The number of allylic oxidation sites excluding steroid dienone is 1. The Balaban J connectivity index is 2.11. The molecule has 3 saturated heterocycles. The number of fused-ring (bicyclic) bond motifs is 1. The summed E-state index contributed by atoms with van der Waals surface area (Å²) < 4.78 is 12.3. The summed E-state index contributed by atoms with van der Waals surface area (Å²) in [6.45, 7) is 19.5. The van der Waals surface area contributed by atoms with Gasteiger partial charge in [-0.1, -0.05) is 32.4 Å². The molecule has 3 heterocycles. The van der Waals surface area contributed by atoms with E-state index in [4.69, 9.17) is 9.47 Å². The summed E-state index contributed by atoms with van der Waals surface area (Å²) >= 11 is 0. The lowest BCUT2D eigenvalue weighted by Crippen LogP contribution is -2.62. The number of hydrogen-bond acceptors (Lipinski definition) is 6. The molecule has 3 aliphatic heterocycles. The van der Waals surface area contributed by atoms with Crippen molar-refractivity contribution in [3.05, 3.63) is 25.3 Å². The lowest BCUT2D eigenvalue weighted by Gasteiger charge is -2.44. The van der Waals surface area contributed by atoms with Crippen molar-refractivity contribution in [1.82, 2.24) is 9.80 Å². The number of likely N-dealkylation sites (tertiary alicyclic amines) is 1. The first-order valence-corrected chi connectivity index (χ1v) is 13.7. The van der Waals surface area contributed by atoms with Crippen LogP contribution in [-0.2, 0) is 23.9 Å². The van der Waals surface area contributed by atoms with Crippen LogP contribution in [0.2, 0.25) is 0 Å². The van der Waals surface area contributed by atoms with Crippen LogP contribution in [0.1, 0.15) is 73.6 Å². The zero-order valence-corrected chi connectivity index (χ0v) is 23.5. The van der Waals surface area contributed by atoms with Crippen molar-refractivity contribution in [3.63, 3.8) is 0 Å². The SMILES string of the molecule is C=CCCCOC(=O)[C@H]1[C@H]2C(=O)N([C@@H](CO)[C@@H](C)CC)C(C(=O)N(CC=C)C(C)(C)C)C23CC[C@]1(C)O3. The second-order valence-corrected chi connectivity index (χ2v) is 12.1. The zero-order chi connectivity index (χ0) is 27.8. The summed E-state index contributed by atoms with van der Waals surface area (Å²) in [6.07, 6.45) is 6.57. The number of esters is 1. The molecule has 0 aromatic rings. The summed E-state index contributed by atoms with van der Waals surface area (Å²) in [5, 5.41) is 10.5. The lowest BCUT2D eigenvalue weighted by atomic mass is 9.66. The van der Waals surface area contributed by atoms with Crippen LogP contribution in [0, 0.1) is 17.8 Å². The zero-order valence-electron chi connectivity index (χ0n) is 23.5. The summed E-state index contributed by atoms with van der Waals surface area (Å²) in [6, 6.07) is -1.52. The molecule has 2 unspecified atom stereocenters. The summed E-state index contributed by atoms with van der Waals surface area (Å²) in [5.74, 6) is -2.70. The van der Waals surface area contributed by atoms with Crippen LogP contribution >= 0.6 is 0 Å². The molecule has 0 radical (unpaired) electrons. The molecular formula is C29H46N2O6. The molecule has 2 amide bonds. The molecule has 8 nitrogen and oxygen atoms in total. The van der Waals surface area contributed by atoms with Crippen molar-refractivity contribution in [1.29, 1.82) is 0 Å². The second-order valence-electron chi connectivity index (χ2n) is 12.1. The Labute approximate surface area is 222 Å². The third-order valence-electron chi connectivity index (χ3n) is 8.73. The van der Waals surface area contributed by atoms with E-state index in [2.05, 4.69) is 13.2 Å². The molecule has 208 valence electrons. The number of aliphatic hydroxyl groups excluding tert-OH is 1. The van der Waals surface area contributed by atoms with E-state index in [0.717, 1.165) is 12.8 Å². The molecule has 1 spiro atoms. The first-order valence-electron chi connectivity index (χ1n) is 13.7. The molecule has 3 aliphatic rings. The van der Waals surface area contributed by atoms with Gasteiger partial charge in [-0.3, -0.25) is 14.4 Å². The average Bonchev–Trinajstić information content (AvgIpc) is 3.40. The Morgan fingerprint density at radius 1 is 1.30 bits per heavy atom. The van der Waals surface area contributed by atoms with Crippen molar-refractivity contribution in [2.75, 3.05) is 19.8 Å². The van der Waals surface area contributed by atoms with E-state index >= 15 is 0 Å². The molecule has 0 aromatic carbocycles. The van der Waals surface area contributed by atoms with Crippen LogP contribution in [0.4, 0.5) is 0 Å². The van der Waals surface area contributed by atoms with Gasteiger partial charge in [0.2, 0.25) is 11.8 Å². The predicted molar refractivity (Wildman–Crippen MR) is 141 cm³/mol. The normalized spacial score (nSPS) is 32.1. The Kier molecular flexibility index (Phi) is 8.64. The van der Waals surface area contributed by atoms with Crippen molar-refractivity contribution in [2.45, 2.75) is 102 Å². The van der Waals surface area contributed by atoms with Gasteiger partial charge in [-0.05, 0) is 59.3 Å². The first-order chi connectivity index (χ1) is 17.3. The van der Waals surface area contributed by atoms with E-state index in [1.807, 2.05) is 41.5 Å². The quantitative estimate of drug-likeness (QED) is 0.241. The number of hydrogen-bond donors (Lipinski definition) is 1. The maximum atomic E-state index is 14.4. The molecule has 0 aliphatic carbocycles. The number of ether oxygens (including phenoxy) is 2. The van der Waals surface area contributed by atoms with E-state index in [1.54, 1.807) is 22.0 Å². The molecule has 2 bridgehead atoms. The van der Waals surface area contributed by atoms with Gasteiger partial charge in [0.25, 0.3) is 0 Å². The molecule has 1 N–H and O–H groups in total.